The first-order valence-electron chi connectivity index (χ1n) is 32.8. The number of aryl methyl sites for hydroxylation is 2. The van der Waals surface area contributed by atoms with E-state index in [1.54, 1.807) is 0 Å². The number of rotatable bonds is 17. The van der Waals surface area contributed by atoms with Crippen molar-refractivity contribution in [2.75, 3.05) is 19.6 Å². The molecule has 0 unspecified atom stereocenters. The number of aromatic nitrogens is 2. The molecule has 0 aliphatic heterocycles. The molecule has 16 aromatic rings. The molecule has 14 aromatic carbocycles. The molecule has 6 heteroatoms. The van der Waals surface area contributed by atoms with Gasteiger partial charge in [-0.1, -0.05) is 182 Å². The van der Waals surface area contributed by atoms with Crippen LogP contribution in [-0.4, -0.2) is 9.13 Å². The van der Waals surface area contributed by atoms with Gasteiger partial charge in [0.15, 0.2) is 0 Å². The average molecular weight is 1230 g/mol. The molecule has 0 fully saturated rings. The molecule has 0 N–H and O–H groups in total. The summed E-state index contributed by atoms with van der Waals surface area (Å²) in [5.74, 6) is 0. The summed E-state index contributed by atoms with van der Waals surface area (Å²) < 4.78 is 4.90. The Morgan fingerprint density at radius 1 is 0.188 bits per heavy atom. The maximum Gasteiger partial charge on any atom is 0.0570 e. The van der Waals surface area contributed by atoms with Crippen molar-refractivity contribution >= 4 is 90.1 Å². The van der Waals surface area contributed by atoms with Gasteiger partial charge in [0, 0.05) is 90.4 Å². The van der Waals surface area contributed by atoms with Crippen LogP contribution in [0.3, 0.4) is 0 Å². The van der Waals surface area contributed by atoms with E-state index in [0.29, 0.717) is 0 Å². The van der Waals surface area contributed by atoms with Crippen molar-refractivity contribution in [2.45, 2.75) is 13.8 Å². The maximum atomic E-state index is 2.45. The van der Waals surface area contributed by atoms with Gasteiger partial charge >= 0.3 is 0 Å². The van der Waals surface area contributed by atoms with Crippen molar-refractivity contribution in [1.82, 2.24) is 9.13 Å². The maximum absolute atomic E-state index is 2.45. The van der Waals surface area contributed by atoms with Crippen LogP contribution in [0.25, 0.3) is 66.8 Å². The minimum atomic E-state index is 1.06. The second kappa shape index (κ2) is 25.8. The fourth-order valence-electron chi connectivity index (χ4n) is 13.9. The summed E-state index contributed by atoms with van der Waals surface area (Å²) in [5.41, 5.74) is 26.9. The highest BCUT2D eigenvalue weighted by Crippen LogP contribution is 2.45. The Morgan fingerprint density at radius 3 is 0.615 bits per heavy atom. The van der Waals surface area contributed by atoms with Gasteiger partial charge in [-0.2, -0.15) is 0 Å². The molecular weight excluding hydrogens is 1170 g/mol. The summed E-state index contributed by atoms with van der Waals surface area (Å²) in [6.45, 7) is 4.56. The average Bonchev–Trinajstić information content (AvgIpc) is 1.59. The molecule has 0 aliphatic carbocycles. The van der Waals surface area contributed by atoms with Crippen molar-refractivity contribution < 1.29 is 0 Å². The topological polar surface area (TPSA) is 22.8 Å². The van der Waals surface area contributed by atoms with E-state index in [-0.39, 0.29) is 0 Å². The van der Waals surface area contributed by atoms with Gasteiger partial charge in [-0.15, -0.1) is 0 Å². The van der Waals surface area contributed by atoms with Crippen molar-refractivity contribution in [3.63, 3.8) is 0 Å². The molecule has 0 radical (unpaired) electrons. The Morgan fingerprint density at radius 2 is 0.385 bits per heavy atom. The zero-order chi connectivity index (χ0) is 64.3. The second-order valence-electron chi connectivity index (χ2n) is 24.2. The SMILES string of the molecule is Cc1c(-c2ccccc2)n(-c2ccc(N(c3ccccc3)c3ccc(N(c4ccccc4)c4ccccc4)cc3)cc2)c2ccc(-c3ccc4c(c3)c(C)c(-c3ccccc3)n4-c3ccc(N(c4ccccc4)c4ccc(N(c5ccccc5)c5ccccc5)cc4)cc3)cc12. The molecule has 0 saturated heterocycles. The van der Waals surface area contributed by atoms with Crippen LogP contribution in [0, 0.1) is 13.8 Å². The van der Waals surface area contributed by atoms with Crippen LogP contribution >= 0.6 is 0 Å². The standard InChI is InChI=1S/C90H68N6/c1-65-85-63-69(43-61-87(85)95(89(65)67-27-11-3-12-28-67)83-57-53-81(54-58-83)93(75-39-23-9-24-40-75)79-49-45-77(46-50-79)91(71-31-15-5-16-32-71)72-33-17-6-18-34-72)70-44-62-88-86(64-70)66(2)90(68-29-13-4-14-30-68)96(88)84-59-55-82(56-60-84)94(76-41-25-10-26-42-76)80-51-47-78(48-52-80)92(73-35-19-7-20-36-73)74-37-21-8-22-38-74/h3-64H,1-2H3. The number of benzene rings is 14. The third-order valence-corrected chi connectivity index (χ3v) is 18.4. The Balaban J connectivity index is 0.743. The molecular formula is C90H68N6. The predicted octanol–water partition coefficient (Wildman–Crippen LogP) is 25.1. The number of fused-ring (bicyclic) bond motifs is 2. The van der Waals surface area contributed by atoms with Crippen LogP contribution in [0.2, 0.25) is 0 Å². The fraction of sp³-hybridized carbons (Fsp3) is 0.0222. The predicted molar refractivity (Wildman–Crippen MR) is 405 cm³/mol. The lowest BCUT2D eigenvalue weighted by molar-refractivity contribution is 1.12. The summed E-state index contributed by atoms with van der Waals surface area (Å²) >= 11 is 0. The molecule has 0 spiro atoms. The second-order valence-corrected chi connectivity index (χ2v) is 24.2. The molecule has 0 atom stereocenters. The molecule has 2 aromatic heterocycles. The highest BCUT2D eigenvalue weighted by atomic mass is 15.2. The van der Waals surface area contributed by atoms with Crippen molar-refractivity contribution in [3.05, 3.63) is 387 Å². The minimum absolute atomic E-state index is 1.06. The Hall–Kier alpha value is -12.6. The molecule has 6 nitrogen and oxygen atoms in total. The molecule has 16 rings (SSSR count). The summed E-state index contributed by atoms with van der Waals surface area (Å²) in [6.07, 6.45) is 0. The summed E-state index contributed by atoms with van der Waals surface area (Å²) in [4.78, 5) is 9.28. The molecule has 0 bridgehead atoms. The first-order chi connectivity index (χ1) is 47.5. The van der Waals surface area contributed by atoms with Crippen molar-refractivity contribution in [1.29, 1.82) is 0 Å². The van der Waals surface area contributed by atoms with E-state index < -0.39 is 0 Å². The highest BCUT2D eigenvalue weighted by molar-refractivity contribution is 6.00. The first kappa shape index (κ1) is 58.4. The van der Waals surface area contributed by atoms with E-state index in [1.165, 1.54) is 55.5 Å². The summed E-state index contributed by atoms with van der Waals surface area (Å²) in [5, 5.41) is 2.42. The van der Waals surface area contributed by atoms with Gasteiger partial charge in [0.25, 0.3) is 0 Å². The van der Waals surface area contributed by atoms with Crippen LogP contribution in [0.4, 0.5) is 68.2 Å². The quantitative estimate of drug-likeness (QED) is 0.0906. The summed E-state index contributed by atoms with van der Waals surface area (Å²) in [7, 11) is 0. The number of nitrogens with zero attached hydrogens (tertiary/aromatic N) is 6. The largest absolute Gasteiger partial charge is 0.311 e. The normalized spacial score (nSPS) is 11.2. The van der Waals surface area contributed by atoms with E-state index in [9.17, 15) is 0 Å². The Labute approximate surface area is 561 Å². The van der Waals surface area contributed by atoms with E-state index in [4.69, 9.17) is 0 Å². The number of hydrogen-bond acceptors (Lipinski definition) is 4. The fourth-order valence-corrected chi connectivity index (χ4v) is 13.9. The summed E-state index contributed by atoms with van der Waals surface area (Å²) in [6, 6.07) is 135. The lowest BCUT2D eigenvalue weighted by atomic mass is 9.99. The minimum Gasteiger partial charge on any atom is -0.311 e. The van der Waals surface area contributed by atoms with Crippen LogP contribution in [-0.2, 0) is 0 Å². The van der Waals surface area contributed by atoms with Gasteiger partial charge in [0.1, 0.15) is 0 Å². The van der Waals surface area contributed by atoms with Crippen LogP contribution in [0.1, 0.15) is 11.1 Å². The lowest BCUT2D eigenvalue weighted by Gasteiger charge is -2.28. The molecule has 96 heavy (non-hydrogen) atoms. The molecule has 2 heterocycles. The first-order valence-corrected chi connectivity index (χ1v) is 32.8. The van der Waals surface area contributed by atoms with Gasteiger partial charge in [-0.05, 0) is 241 Å². The van der Waals surface area contributed by atoms with Crippen LogP contribution in [0.15, 0.2) is 376 Å². The van der Waals surface area contributed by atoms with Crippen LogP contribution in [0.5, 0.6) is 0 Å². The van der Waals surface area contributed by atoms with Gasteiger partial charge < -0.3 is 28.7 Å². The zero-order valence-electron chi connectivity index (χ0n) is 53.5. The molecule has 458 valence electrons. The van der Waals surface area contributed by atoms with E-state index >= 15 is 0 Å². The Kier molecular flexibility index (Phi) is 15.7. The third kappa shape index (κ3) is 11.1. The van der Waals surface area contributed by atoms with Gasteiger partial charge in [-0.3, -0.25) is 0 Å². The smallest absolute Gasteiger partial charge is 0.0570 e. The van der Waals surface area contributed by atoms with Gasteiger partial charge in [-0.25, -0.2) is 0 Å². The number of hydrogen-bond donors (Lipinski definition) is 0. The number of anilines is 12. The van der Waals surface area contributed by atoms with Gasteiger partial charge in [0.05, 0.1) is 22.4 Å². The van der Waals surface area contributed by atoms with E-state index in [1.807, 2.05) is 0 Å². The monoisotopic (exact) mass is 1230 g/mol. The van der Waals surface area contributed by atoms with Crippen molar-refractivity contribution in [2.24, 2.45) is 0 Å². The van der Waals surface area contributed by atoms with Crippen molar-refractivity contribution in [3.8, 4) is 45.0 Å². The van der Waals surface area contributed by atoms with E-state index in [0.717, 1.165) is 90.7 Å². The van der Waals surface area contributed by atoms with E-state index in [2.05, 4.69) is 419 Å². The molecule has 0 aliphatic rings. The third-order valence-electron chi connectivity index (χ3n) is 18.4. The van der Waals surface area contributed by atoms with Gasteiger partial charge in [0.2, 0.25) is 0 Å². The lowest BCUT2D eigenvalue weighted by Crippen LogP contribution is -2.12. The van der Waals surface area contributed by atoms with Crippen LogP contribution < -0.4 is 19.6 Å². The molecule has 0 saturated carbocycles. The Bertz CT molecular complexity index is 4880. The zero-order valence-corrected chi connectivity index (χ0v) is 53.5. The highest BCUT2D eigenvalue weighted by Gasteiger charge is 2.24. The molecule has 0 amide bonds. The number of para-hydroxylation sites is 6.